The highest BCUT2D eigenvalue weighted by molar-refractivity contribution is 9.10. The van der Waals surface area contributed by atoms with Crippen LogP contribution >= 0.6 is 28.1 Å². The van der Waals surface area contributed by atoms with Gasteiger partial charge in [0, 0.05) is 16.6 Å². The van der Waals surface area contributed by atoms with Crippen LogP contribution in [0, 0.1) is 4.77 Å². The molecule has 0 bridgehead atoms. The monoisotopic (exact) mass is 352 g/mol. The molecule has 2 aromatic rings. The summed E-state index contributed by atoms with van der Waals surface area (Å²) in [4.78, 5) is 12.0. The van der Waals surface area contributed by atoms with Crippen LogP contribution in [0.25, 0.3) is 0 Å². The second-order valence-electron chi connectivity index (χ2n) is 4.03. The molecule has 7 heteroatoms. The number of aromatic amines is 1. The molecule has 1 amide bonds. The predicted molar refractivity (Wildman–Crippen MR) is 82.9 cm³/mol. The topological polar surface area (TPSA) is 62.7 Å². The van der Waals surface area contributed by atoms with Gasteiger partial charge >= 0.3 is 0 Å². The lowest BCUT2D eigenvalue weighted by molar-refractivity contribution is 0.0949. The summed E-state index contributed by atoms with van der Waals surface area (Å²) in [5.74, 6) is 0.511. The molecule has 104 valence electrons. The highest BCUT2D eigenvalue weighted by Gasteiger charge is 2.08. The molecule has 2 N–H and O–H groups in total. The summed E-state index contributed by atoms with van der Waals surface area (Å²) in [6.07, 6.45) is 1.73. The first kappa shape index (κ1) is 14.7. The standard InChI is InChI=1S/C13H13BrN4OS/c1-2-7-18-11(16-17-13(18)20)8-15-12(19)9-3-5-10(14)6-4-9/h2-6H,1,7-8H2,(H,15,19)(H,17,20). The van der Waals surface area contributed by atoms with Crippen LogP contribution in [0.15, 0.2) is 41.4 Å². The fourth-order valence-corrected chi connectivity index (χ4v) is 2.16. The van der Waals surface area contributed by atoms with Crippen molar-refractivity contribution in [2.24, 2.45) is 0 Å². The summed E-state index contributed by atoms with van der Waals surface area (Å²) < 4.78 is 3.23. The molecule has 0 atom stereocenters. The van der Waals surface area contributed by atoms with Crippen molar-refractivity contribution in [1.29, 1.82) is 0 Å². The molecule has 0 aliphatic carbocycles. The maximum absolute atomic E-state index is 12.0. The molecule has 0 saturated carbocycles. The van der Waals surface area contributed by atoms with Crippen LogP contribution in [0.2, 0.25) is 0 Å². The maximum atomic E-state index is 12.0. The van der Waals surface area contributed by atoms with Crippen molar-refractivity contribution in [3.05, 3.63) is 57.6 Å². The Labute approximate surface area is 129 Å². The summed E-state index contributed by atoms with van der Waals surface area (Å²) in [7, 11) is 0. The number of benzene rings is 1. The number of nitrogens with one attached hydrogen (secondary N) is 2. The summed E-state index contributed by atoms with van der Waals surface area (Å²) in [5.41, 5.74) is 0.595. The van der Waals surface area contributed by atoms with Crippen LogP contribution in [0.4, 0.5) is 0 Å². The molecule has 0 aliphatic rings. The normalized spacial score (nSPS) is 10.2. The Kier molecular flexibility index (Phi) is 4.86. The van der Waals surface area contributed by atoms with Crippen LogP contribution in [0.1, 0.15) is 16.2 Å². The maximum Gasteiger partial charge on any atom is 0.251 e. The molecule has 5 nitrogen and oxygen atoms in total. The van der Waals surface area contributed by atoms with Gasteiger partial charge in [0.2, 0.25) is 0 Å². The third-order valence-electron chi connectivity index (χ3n) is 2.66. The Morgan fingerprint density at radius 1 is 1.50 bits per heavy atom. The summed E-state index contributed by atoms with van der Waals surface area (Å²) in [5, 5.41) is 9.60. The second-order valence-corrected chi connectivity index (χ2v) is 5.34. The Morgan fingerprint density at radius 2 is 2.20 bits per heavy atom. The molecule has 0 unspecified atom stereocenters. The molecular formula is C13H13BrN4OS. The van der Waals surface area contributed by atoms with Gasteiger partial charge in [0.15, 0.2) is 10.6 Å². The quantitative estimate of drug-likeness (QED) is 0.642. The van der Waals surface area contributed by atoms with E-state index < -0.39 is 0 Å². The molecule has 0 fully saturated rings. The average Bonchev–Trinajstić information content (AvgIpc) is 2.79. The van der Waals surface area contributed by atoms with Gasteiger partial charge in [-0.15, -0.1) is 6.58 Å². The van der Waals surface area contributed by atoms with Gasteiger partial charge in [-0.1, -0.05) is 22.0 Å². The Balaban J connectivity index is 2.05. The summed E-state index contributed by atoms with van der Waals surface area (Å²) >= 11 is 8.43. The molecular weight excluding hydrogens is 340 g/mol. The Hall–Kier alpha value is -1.73. The third kappa shape index (κ3) is 3.43. The van der Waals surface area contributed by atoms with E-state index >= 15 is 0 Å². The zero-order chi connectivity index (χ0) is 14.5. The fourth-order valence-electron chi connectivity index (χ4n) is 1.67. The molecule has 20 heavy (non-hydrogen) atoms. The van der Waals surface area contributed by atoms with Gasteiger partial charge in [-0.05, 0) is 36.5 Å². The Morgan fingerprint density at radius 3 is 2.85 bits per heavy atom. The number of allylic oxidation sites excluding steroid dienone is 1. The lowest BCUT2D eigenvalue weighted by Gasteiger charge is -2.06. The molecule has 0 radical (unpaired) electrons. The smallest absolute Gasteiger partial charge is 0.251 e. The minimum absolute atomic E-state index is 0.156. The number of amides is 1. The predicted octanol–water partition coefficient (Wildman–Crippen LogP) is 2.82. The fraction of sp³-hybridized carbons (Fsp3) is 0.154. The van der Waals surface area contributed by atoms with Crippen LogP contribution in [0.5, 0.6) is 0 Å². The van der Waals surface area contributed by atoms with Crippen molar-refractivity contribution >= 4 is 34.1 Å². The number of aromatic nitrogens is 3. The third-order valence-corrected chi connectivity index (χ3v) is 3.50. The van der Waals surface area contributed by atoms with E-state index in [2.05, 4.69) is 38.0 Å². The van der Waals surface area contributed by atoms with Gasteiger partial charge in [0.1, 0.15) is 0 Å². The molecule has 2 rings (SSSR count). The first-order chi connectivity index (χ1) is 9.61. The zero-order valence-corrected chi connectivity index (χ0v) is 13.0. The van der Waals surface area contributed by atoms with E-state index in [1.807, 2.05) is 12.1 Å². The Bertz CT molecular complexity index is 674. The van der Waals surface area contributed by atoms with E-state index in [1.54, 1.807) is 22.8 Å². The molecule has 0 spiro atoms. The number of halogens is 1. The van der Waals surface area contributed by atoms with E-state index in [4.69, 9.17) is 12.2 Å². The van der Waals surface area contributed by atoms with Crippen molar-refractivity contribution in [3.8, 4) is 0 Å². The second kappa shape index (κ2) is 6.62. The van der Waals surface area contributed by atoms with E-state index in [-0.39, 0.29) is 5.91 Å². The van der Waals surface area contributed by atoms with E-state index in [0.717, 1.165) is 4.47 Å². The zero-order valence-electron chi connectivity index (χ0n) is 10.6. The van der Waals surface area contributed by atoms with Crippen LogP contribution in [-0.2, 0) is 13.1 Å². The molecule has 1 aromatic carbocycles. The highest BCUT2D eigenvalue weighted by atomic mass is 79.9. The molecule has 0 saturated heterocycles. The first-order valence-electron chi connectivity index (χ1n) is 5.90. The van der Waals surface area contributed by atoms with Crippen molar-refractivity contribution in [1.82, 2.24) is 20.1 Å². The van der Waals surface area contributed by atoms with Crippen molar-refractivity contribution in [2.45, 2.75) is 13.1 Å². The number of nitrogens with zero attached hydrogens (tertiary/aromatic N) is 2. The van der Waals surface area contributed by atoms with Gasteiger partial charge in [-0.2, -0.15) is 5.10 Å². The number of hydrogen-bond donors (Lipinski definition) is 2. The van der Waals surface area contributed by atoms with Crippen LogP contribution < -0.4 is 5.32 Å². The van der Waals surface area contributed by atoms with Gasteiger partial charge in [-0.3, -0.25) is 14.5 Å². The summed E-state index contributed by atoms with van der Waals surface area (Å²) in [6.45, 7) is 4.52. The lowest BCUT2D eigenvalue weighted by atomic mass is 10.2. The van der Waals surface area contributed by atoms with Crippen molar-refractivity contribution in [2.75, 3.05) is 0 Å². The number of carbonyl (C=O) groups excluding carboxylic acids is 1. The van der Waals surface area contributed by atoms with Crippen LogP contribution in [0.3, 0.4) is 0 Å². The largest absolute Gasteiger partial charge is 0.345 e. The first-order valence-corrected chi connectivity index (χ1v) is 7.10. The van der Waals surface area contributed by atoms with Gasteiger partial charge in [-0.25, -0.2) is 0 Å². The van der Waals surface area contributed by atoms with E-state index in [0.29, 0.717) is 29.2 Å². The number of hydrogen-bond acceptors (Lipinski definition) is 3. The van der Waals surface area contributed by atoms with Crippen LogP contribution in [-0.4, -0.2) is 20.7 Å². The van der Waals surface area contributed by atoms with Gasteiger partial charge < -0.3 is 5.32 Å². The number of rotatable bonds is 5. The van der Waals surface area contributed by atoms with Gasteiger partial charge in [0.05, 0.1) is 6.54 Å². The van der Waals surface area contributed by atoms with E-state index in [9.17, 15) is 4.79 Å². The number of carbonyl (C=O) groups is 1. The summed E-state index contributed by atoms with van der Waals surface area (Å²) in [6, 6.07) is 7.14. The minimum Gasteiger partial charge on any atom is -0.345 e. The molecule has 1 heterocycles. The van der Waals surface area contributed by atoms with Crippen molar-refractivity contribution < 1.29 is 4.79 Å². The van der Waals surface area contributed by atoms with E-state index in [1.165, 1.54) is 0 Å². The van der Waals surface area contributed by atoms with Gasteiger partial charge in [0.25, 0.3) is 5.91 Å². The average molecular weight is 353 g/mol. The highest BCUT2D eigenvalue weighted by Crippen LogP contribution is 2.10. The minimum atomic E-state index is -0.156. The number of H-pyrrole nitrogens is 1. The molecule has 1 aromatic heterocycles. The SMILES string of the molecule is C=CCn1c(CNC(=O)c2ccc(Br)cc2)n[nH]c1=S. The molecule has 0 aliphatic heterocycles. The van der Waals surface area contributed by atoms with Crippen molar-refractivity contribution in [3.63, 3.8) is 0 Å². The lowest BCUT2D eigenvalue weighted by Crippen LogP contribution is -2.24.